The molecule has 0 aromatic heterocycles. The van der Waals surface area contributed by atoms with Crippen LogP contribution in [0.15, 0.2) is 0 Å². The lowest BCUT2D eigenvalue weighted by molar-refractivity contribution is -0.0610. The summed E-state index contributed by atoms with van der Waals surface area (Å²) in [6, 6.07) is 0. The number of rotatable bonds is 3. The summed E-state index contributed by atoms with van der Waals surface area (Å²) in [7, 11) is 0. The number of alkyl halides is 2. The van der Waals surface area contributed by atoms with Crippen LogP contribution in [-0.4, -0.2) is 34.9 Å². The van der Waals surface area contributed by atoms with Crippen LogP contribution in [0.5, 0.6) is 0 Å². The van der Waals surface area contributed by atoms with Crippen LogP contribution in [0.25, 0.3) is 0 Å². The van der Waals surface area contributed by atoms with Crippen molar-refractivity contribution >= 4 is 6.09 Å². The highest BCUT2D eigenvalue weighted by atomic mass is 19.3. The van der Waals surface area contributed by atoms with Crippen LogP contribution < -0.4 is 5.32 Å². The van der Waals surface area contributed by atoms with Crippen LogP contribution in [0.2, 0.25) is 0 Å². The van der Waals surface area contributed by atoms with Crippen molar-refractivity contribution in [3.05, 3.63) is 0 Å². The van der Waals surface area contributed by atoms with Gasteiger partial charge in [-0.2, -0.15) is 0 Å². The number of aliphatic hydroxyl groups is 1. The summed E-state index contributed by atoms with van der Waals surface area (Å²) >= 11 is 0. The second-order valence-corrected chi connectivity index (χ2v) is 5.77. The van der Waals surface area contributed by atoms with Gasteiger partial charge in [0.2, 0.25) is 0 Å². The number of carbonyl (C=O) groups excluding carboxylic acids is 1. The number of ether oxygens (including phenoxy) is 1. The van der Waals surface area contributed by atoms with Gasteiger partial charge in [-0.25, -0.2) is 13.6 Å². The van der Waals surface area contributed by atoms with E-state index in [1.165, 1.54) is 0 Å². The van der Waals surface area contributed by atoms with Gasteiger partial charge in [0.15, 0.2) is 0 Å². The number of nitrogens with one attached hydrogen (secondary N) is 1. The van der Waals surface area contributed by atoms with Gasteiger partial charge in [-0.3, -0.25) is 0 Å². The zero-order valence-electron chi connectivity index (χ0n) is 11.0. The van der Waals surface area contributed by atoms with E-state index in [4.69, 9.17) is 4.74 Å². The molecular weight excluding hydrogens is 244 g/mol. The van der Waals surface area contributed by atoms with Gasteiger partial charge in [0.25, 0.3) is 6.43 Å². The lowest BCUT2D eigenvalue weighted by atomic mass is 9.90. The molecule has 4 nitrogen and oxygen atoms in total. The highest BCUT2D eigenvalue weighted by Gasteiger charge is 2.46. The van der Waals surface area contributed by atoms with E-state index in [2.05, 4.69) is 5.32 Å². The first kappa shape index (κ1) is 15.1. The summed E-state index contributed by atoms with van der Waals surface area (Å²) in [4.78, 5) is 11.7. The molecule has 0 aromatic rings. The Morgan fingerprint density at radius 3 is 2.22 bits per heavy atom. The molecule has 1 saturated carbocycles. The highest BCUT2D eigenvalue weighted by Crippen LogP contribution is 2.35. The number of halogens is 2. The molecule has 0 spiro atoms. The molecule has 0 aromatic carbocycles. The van der Waals surface area contributed by atoms with Crippen molar-refractivity contribution in [1.29, 1.82) is 0 Å². The van der Waals surface area contributed by atoms with Crippen LogP contribution in [-0.2, 0) is 4.74 Å². The van der Waals surface area contributed by atoms with Gasteiger partial charge < -0.3 is 15.2 Å². The maximum Gasteiger partial charge on any atom is 0.408 e. The van der Waals surface area contributed by atoms with Gasteiger partial charge in [-0.15, -0.1) is 0 Å². The van der Waals surface area contributed by atoms with E-state index in [0.717, 1.165) is 0 Å². The molecule has 6 heteroatoms. The summed E-state index contributed by atoms with van der Waals surface area (Å²) in [6.45, 7) is 5.08. The van der Waals surface area contributed by atoms with E-state index in [9.17, 15) is 18.7 Å². The zero-order chi connectivity index (χ0) is 14.0. The molecule has 0 heterocycles. The van der Waals surface area contributed by atoms with E-state index in [0.29, 0.717) is 25.7 Å². The van der Waals surface area contributed by atoms with Crippen molar-refractivity contribution in [2.75, 3.05) is 0 Å². The Bertz CT molecular complexity index is 296. The normalized spacial score (nSPS) is 20.8. The Kier molecular flexibility index (Phi) is 4.53. The number of aliphatic hydroxyl groups excluding tert-OH is 1. The topological polar surface area (TPSA) is 58.6 Å². The Hall–Kier alpha value is -0.910. The largest absolute Gasteiger partial charge is 0.444 e. The van der Waals surface area contributed by atoms with Gasteiger partial charge >= 0.3 is 6.09 Å². The van der Waals surface area contributed by atoms with Crippen LogP contribution in [0, 0.1) is 0 Å². The Balaban J connectivity index is 2.72. The van der Waals surface area contributed by atoms with Crippen LogP contribution >= 0.6 is 0 Å². The monoisotopic (exact) mass is 265 g/mol. The fourth-order valence-corrected chi connectivity index (χ4v) is 2.25. The first-order chi connectivity index (χ1) is 8.16. The fourth-order valence-electron chi connectivity index (χ4n) is 2.25. The Morgan fingerprint density at radius 1 is 1.33 bits per heavy atom. The number of hydrogen-bond donors (Lipinski definition) is 2. The number of amides is 1. The first-order valence-electron chi connectivity index (χ1n) is 6.14. The molecule has 1 amide bonds. The molecule has 0 saturated heterocycles. The quantitative estimate of drug-likeness (QED) is 0.824. The maximum atomic E-state index is 12.7. The molecule has 1 aliphatic carbocycles. The zero-order valence-corrected chi connectivity index (χ0v) is 11.0. The molecule has 0 bridgehead atoms. The minimum absolute atomic E-state index is 0.345. The van der Waals surface area contributed by atoms with Gasteiger partial charge in [0.05, 0.1) is 5.54 Å². The molecule has 1 rings (SSSR count). The lowest BCUT2D eigenvalue weighted by Gasteiger charge is -2.35. The minimum Gasteiger partial charge on any atom is -0.444 e. The molecule has 2 N–H and O–H groups in total. The third-order valence-corrected chi connectivity index (χ3v) is 3.05. The van der Waals surface area contributed by atoms with E-state index >= 15 is 0 Å². The standard InChI is InChI=1S/C12H21F2NO3/c1-11(2,3)18-10(17)15-12(6-4-5-7-12)8(16)9(13)14/h8-9,16H,4-7H2,1-3H3,(H,15,17). The molecule has 0 aliphatic heterocycles. The summed E-state index contributed by atoms with van der Waals surface area (Å²) < 4.78 is 30.4. The van der Waals surface area contributed by atoms with E-state index in [-0.39, 0.29) is 0 Å². The molecule has 0 radical (unpaired) electrons. The average molecular weight is 265 g/mol. The summed E-state index contributed by atoms with van der Waals surface area (Å²) in [5, 5.41) is 12.0. The van der Waals surface area contributed by atoms with E-state index < -0.39 is 29.8 Å². The molecule has 1 aliphatic rings. The van der Waals surface area contributed by atoms with Crippen molar-refractivity contribution in [3.63, 3.8) is 0 Å². The molecule has 1 unspecified atom stereocenters. The average Bonchev–Trinajstić information content (AvgIpc) is 2.62. The summed E-state index contributed by atoms with van der Waals surface area (Å²) in [5.41, 5.74) is -1.95. The second kappa shape index (κ2) is 5.38. The highest BCUT2D eigenvalue weighted by molar-refractivity contribution is 5.69. The van der Waals surface area contributed by atoms with Crippen LogP contribution in [0.1, 0.15) is 46.5 Å². The molecule has 106 valence electrons. The summed E-state index contributed by atoms with van der Waals surface area (Å²) in [6.07, 6.45) is -3.39. The van der Waals surface area contributed by atoms with Gasteiger partial charge in [0.1, 0.15) is 11.7 Å². The number of hydrogen-bond acceptors (Lipinski definition) is 3. The maximum absolute atomic E-state index is 12.7. The second-order valence-electron chi connectivity index (χ2n) is 5.77. The molecular formula is C12H21F2NO3. The van der Waals surface area contributed by atoms with Gasteiger partial charge in [0, 0.05) is 0 Å². The van der Waals surface area contributed by atoms with Crippen molar-refractivity contribution < 1.29 is 23.4 Å². The third-order valence-electron chi connectivity index (χ3n) is 3.05. The molecule has 1 atom stereocenters. The van der Waals surface area contributed by atoms with Crippen LogP contribution in [0.3, 0.4) is 0 Å². The molecule has 1 fully saturated rings. The van der Waals surface area contributed by atoms with Crippen LogP contribution in [0.4, 0.5) is 13.6 Å². The van der Waals surface area contributed by atoms with Gasteiger partial charge in [-0.1, -0.05) is 12.8 Å². The van der Waals surface area contributed by atoms with Crippen molar-refractivity contribution in [2.45, 2.75) is 70.1 Å². The molecule has 18 heavy (non-hydrogen) atoms. The fraction of sp³-hybridized carbons (Fsp3) is 0.917. The predicted molar refractivity (Wildman–Crippen MR) is 62.6 cm³/mol. The van der Waals surface area contributed by atoms with Gasteiger partial charge in [-0.05, 0) is 33.6 Å². The summed E-state index contributed by atoms with van der Waals surface area (Å²) in [5.74, 6) is 0. The van der Waals surface area contributed by atoms with Crippen molar-refractivity contribution in [1.82, 2.24) is 5.32 Å². The predicted octanol–water partition coefficient (Wildman–Crippen LogP) is 2.45. The number of alkyl carbamates (subject to hydrolysis) is 1. The lowest BCUT2D eigenvalue weighted by Crippen LogP contribution is -2.58. The minimum atomic E-state index is -2.88. The Labute approximate surface area is 106 Å². The third kappa shape index (κ3) is 3.80. The first-order valence-corrected chi connectivity index (χ1v) is 6.14. The Morgan fingerprint density at radius 2 is 1.83 bits per heavy atom. The SMILES string of the molecule is CC(C)(C)OC(=O)NC1(C(O)C(F)F)CCCC1. The van der Waals surface area contributed by atoms with E-state index in [1.54, 1.807) is 20.8 Å². The smallest absolute Gasteiger partial charge is 0.408 e. The van der Waals surface area contributed by atoms with Crippen molar-refractivity contribution in [3.8, 4) is 0 Å². The number of carbonyl (C=O) groups is 1. The van der Waals surface area contributed by atoms with Crippen molar-refractivity contribution in [2.24, 2.45) is 0 Å². The van der Waals surface area contributed by atoms with E-state index in [1.807, 2.05) is 0 Å².